The van der Waals surface area contributed by atoms with Gasteiger partial charge in [0.25, 0.3) is 5.91 Å². The lowest BCUT2D eigenvalue weighted by atomic mass is 10.0. The van der Waals surface area contributed by atoms with Crippen LogP contribution in [-0.4, -0.2) is 42.1 Å². The van der Waals surface area contributed by atoms with E-state index in [1.165, 1.54) is 18.2 Å². The number of nitriles is 1. The van der Waals surface area contributed by atoms with Crippen LogP contribution in [0.5, 0.6) is 5.75 Å². The van der Waals surface area contributed by atoms with Gasteiger partial charge in [-0.05, 0) is 56.8 Å². The first-order valence-corrected chi connectivity index (χ1v) is 6.98. The third kappa shape index (κ3) is 4.33. The molecule has 1 heterocycles. The van der Waals surface area contributed by atoms with Crippen LogP contribution in [-0.2, 0) is 4.79 Å². The summed E-state index contributed by atoms with van der Waals surface area (Å²) in [6.07, 6.45) is 3.34. The minimum atomic E-state index is -0.333. The standard InChI is InChI=1S/C16H19N3O2/c1-19-8-6-14(7-9-19)18-16(21)13(11-17)10-12-2-4-15(20)5-3-12/h2-5,10,14,20H,6-9H2,1H3,(H,18,21)/b13-10+. The number of hydrogen-bond donors (Lipinski definition) is 2. The second-order valence-corrected chi connectivity index (χ2v) is 5.31. The van der Waals surface area contributed by atoms with E-state index >= 15 is 0 Å². The molecular formula is C16H19N3O2. The van der Waals surface area contributed by atoms with E-state index in [1.807, 2.05) is 6.07 Å². The number of benzene rings is 1. The summed E-state index contributed by atoms with van der Waals surface area (Å²) >= 11 is 0. The quantitative estimate of drug-likeness (QED) is 0.652. The van der Waals surface area contributed by atoms with Crippen LogP contribution < -0.4 is 5.32 Å². The number of rotatable bonds is 3. The van der Waals surface area contributed by atoms with Crippen LogP contribution in [0.3, 0.4) is 0 Å². The molecule has 0 unspecified atom stereocenters. The number of hydrogen-bond acceptors (Lipinski definition) is 4. The lowest BCUT2D eigenvalue weighted by Crippen LogP contribution is -2.43. The smallest absolute Gasteiger partial charge is 0.262 e. The number of carbonyl (C=O) groups is 1. The SMILES string of the molecule is CN1CCC(NC(=O)/C(C#N)=C/c2ccc(O)cc2)CC1. The number of carbonyl (C=O) groups excluding carboxylic acids is 1. The van der Waals surface area contributed by atoms with Crippen molar-refractivity contribution in [2.75, 3.05) is 20.1 Å². The number of amides is 1. The van der Waals surface area contributed by atoms with Crippen LogP contribution in [0.1, 0.15) is 18.4 Å². The Balaban J connectivity index is 2.01. The fourth-order valence-electron chi connectivity index (χ4n) is 2.30. The average molecular weight is 285 g/mol. The molecule has 2 N–H and O–H groups in total. The molecule has 0 radical (unpaired) electrons. The maximum absolute atomic E-state index is 12.1. The Kier molecular flexibility index (Phi) is 4.96. The minimum Gasteiger partial charge on any atom is -0.508 e. The van der Waals surface area contributed by atoms with Crippen LogP contribution in [0.25, 0.3) is 6.08 Å². The van der Waals surface area contributed by atoms with Gasteiger partial charge in [-0.1, -0.05) is 12.1 Å². The summed E-state index contributed by atoms with van der Waals surface area (Å²) in [5.41, 5.74) is 0.794. The Labute approximate surface area is 124 Å². The van der Waals surface area contributed by atoms with E-state index in [2.05, 4.69) is 17.3 Å². The fourth-order valence-corrected chi connectivity index (χ4v) is 2.30. The lowest BCUT2D eigenvalue weighted by molar-refractivity contribution is -0.118. The van der Waals surface area contributed by atoms with E-state index < -0.39 is 0 Å². The molecule has 2 rings (SSSR count). The summed E-state index contributed by atoms with van der Waals surface area (Å²) in [4.78, 5) is 14.4. The average Bonchev–Trinajstić information content (AvgIpc) is 2.49. The molecule has 1 fully saturated rings. The molecule has 1 aromatic carbocycles. The lowest BCUT2D eigenvalue weighted by Gasteiger charge is -2.29. The molecule has 110 valence electrons. The number of likely N-dealkylation sites (tertiary alicyclic amines) is 1. The summed E-state index contributed by atoms with van der Waals surface area (Å²) in [6, 6.07) is 8.44. The first-order chi connectivity index (χ1) is 10.1. The van der Waals surface area contributed by atoms with Crippen molar-refractivity contribution in [1.29, 1.82) is 5.26 Å². The highest BCUT2D eigenvalue weighted by molar-refractivity contribution is 6.01. The van der Waals surface area contributed by atoms with Gasteiger partial charge < -0.3 is 15.3 Å². The van der Waals surface area contributed by atoms with Crippen molar-refractivity contribution in [2.45, 2.75) is 18.9 Å². The van der Waals surface area contributed by atoms with Crippen molar-refractivity contribution in [3.8, 4) is 11.8 Å². The Bertz CT molecular complexity index is 564. The first-order valence-electron chi connectivity index (χ1n) is 6.98. The van der Waals surface area contributed by atoms with Gasteiger partial charge in [-0.2, -0.15) is 5.26 Å². The van der Waals surface area contributed by atoms with Crippen molar-refractivity contribution in [3.05, 3.63) is 35.4 Å². The highest BCUT2D eigenvalue weighted by Crippen LogP contribution is 2.14. The van der Waals surface area contributed by atoms with Crippen molar-refractivity contribution < 1.29 is 9.90 Å². The molecule has 1 aromatic rings. The fraction of sp³-hybridized carbons (Fsp3) is 0.375. The maximum Gasteiger partial charge on any atom is 0.262 e. The van der Waals surface area contributed by atoms with Crippen LogP contribution in [0.4, 0.5) is 0 Å². The number of phenols is 1. The van der Waals surface area contributed by atoms with Gasteiger partial charge in [-0.3, -0.25) is 4.79 Å². The molecule has 0 aromatic heterocycles. The molecule has 0 bridgehead atoms. The van der Waals surface area contributed by atoms with E-state index in [0.29, 0.717) is 5.56 Å². The molecule has 1 aliphatic heterocycles. The van der Waals surface area contributed by atoms with Crippen molar-refractivity contribution >= 4 is 12.0 Å². The number of aromatic hydroxyl groups is 1. The molecule has 1 aliphatic rings. The van der Waals surface area contributed by atoms with Crippen LogP contribution in [0.2, 0.25) is 0 Å². The van der Waals surface area contributed by atoms with Crippen molar-refractivity contribution in [2.24, 2.45) is 0 Å². The van der Waals surface area contributed by atoms with Gasteiger partial charge in [0.15, 0.2) is 0 Å². The zero-order chi connectivity index (χ0) is 15.2. The zero-order valence-corrected chi connectivity index (χ0v) is 12.0. The maximum atomic E-state index is 12.1. The van der Waals surface area contributed by atoms with Crippen LogP contribution in [0, 0.1) is 11.3 Å². The molecule has 0 spiro atoms. The van der Waals surface area contributed by atoms with Gasteiger partial charge in [0.2, 0.25) is 0 Å². The third-order valence-corrected chi connectivity index (χ3v) is 3.62. The third-order valence-electron chi connectivity index (χ3n) is 3.62. The van der Waals surface area contributed by atoms with E-state index in [0.717, 1.165) is 25.9 Å². The highest BCUT2D eigenvalue weighted by Gasteiger charge is 2.20. The van der Waals surface area contributed by atoms with Gasteiger partial charge in [0, 0.05) is 6.04 Å². The zero-order valence-electron chi connectivity index (χ0n) is 12.0. The van der Waals surface area contributed by atoms with E-state index in [9.17, 15) is 9.90 Å². The molecule has 5 nitrogen and oxygen atoms in total. The van der Waals surface area contributed by atoms with E-state index in [4.69, 9.17) is 5.26 Å². The van der Waals surface area contributed by atoms with Gasteiger partial charge in [-0.15, -0.1) is 0 Å². The van der Waals surface area contributed by atoms with Gasteiger partial charge in [0.05, 0.1) is 0 Å². The Morgan fingerprint density at radius 2 is 2.00 bits per heavy atom. The van der Waals surface area contributed by atoms with Gasteiger partial charge in [-0.25, -0.2) is 0 Å². The topological polar surface area (TPSA) is 76.4 Å². The predicted molar refractivity (Wildman–Crippen MR) is 80.4 cm³/mol. The van der Waals surface area contributed by atoms with Gasteiger partial charge in [0.1, 0.15) is 17.4 Å². The Morgan fingerprint density at radius 1 is 1.38 bits per heavy atom. The summed E-state index contributed by atoms with van der Waals surface area (Å²) in [6.45, 7) is 1.91. The molecule has 21 heavy (non-hydrogen) atoms. The first kappa shape index (κ1) is 15.1. The molecule has 0 aliphatic carbocycles. The van der Waals surface area contributed by atoms with E-state index in [1.54, 1.807) is 12.1 Å². The molecular weight excluding hydrogens is 266 g/mol. The number of phenolic OH excluding ortho intramolecular Hbond substituents is 1. The van der Waals surface area contributed by atoms with Gasteiger partial charge >= 0.3 is 0 Å². The number of nitrogens with one attached hydrogen (secondary N) is 1. The Hall–Kier alpha value is -2.32. The largest absolute Gasteiger partial charge is 0.508 e. The van der Waals surface area contributed by atoms with E-state index in [-0.39, 0.29) is 23.3 Å². The molecule has 5 heteroatoms. The summed E-state index contributed by atoms with van der Waals surface area (Å²) < 4.78 is 0. The van der Waals surface area contributed by atoms with Crippen LogP contribution in [0.15, 0.2) is 29.8 Å². The Morgan fingerprint density at radius 3 is 2.57 bits per heavy atom. The van der Waals surface area contributed by atoms with Crippen molar-refractivity contribution in [3.63, 3.8) is 0 Å². The second kappa shape index (κ2) is 6.91. The molecule has 0 saturated carbocycles. The monoisotopic (exact) mass is 285 g/mol. The minimum absolute atomic E-state index is 0.0830. The second-order valence-electron chi connectivity index (χ2n) is 5.31. The summed E-state index contributed by atoms with van der Waals surface area (Å²) in [7, 11) is 2.06. The number of piperidine rings is 1. The van der Waals surface area contributed by atoms with Crippen LogP contribution >= 0.6 is 0 Å². The molecule has 0 atom stereocenters. The van der Waals surface area contributed by atoms with Crippen molar-refractivity contribution in [1.82, 2.24) is 10.2 Å². The summed E-state index contributed by atoms with van der Waals surface area (Å²) in [5, 5.41) is 21.3. The predicted octanol–water partition coefficient (Wildman–Crippen LogP) is 1.51. The highest BCUT2D eigenvalue weighted by atomic mass is 16.3. The number of nitrogens with zero attached hydrogens (tertiary/aromatic N) is 2. The molecule has 1 amide bonds. The molecule has 1 saturated heterocycles. The summed E-state index contributed by atoms with van der Waals surface area (Å²) in [5.74, 6) is -0.179. The normalized spacial score (nSPS) is 17.2.